The Labute approximate surface area is 206 Å². The van der Waals surface area contributed by atoms with E-state index in [2.05, 4.69) is 24.1 Å². The van der Waals surface area contributed by atoms with Crippen LogP contribution in [0.1, 0.15) is 35.5 Å². The highest BCUT2D eigenvalue weighted by atomic mass is 35.5. The van der Waals surface area contributed by atoms with Crippen LogP contribution in [-0.2, 0) is 11.3 Å². The Balaban J connectivity index is 1.60. The lowest BCUT2D eigenvalue weighted by molar-refractivity contribution is -0.134. The van der Waals surface area contributed by atoms with E-state index in [0.29, 0.717) is 62.0 Å². The van der Waals surface area contributed by atoms with Gasteiger partial charge < -0.3 is 15.0 Å². The number of carbonyl (C=O) groups excluding carboxylic acids is 2. The number of aromatic nitrogens is 2. The Bertz CT molecular complexity index is 1310. The predicted octanol–water partition coefficient (Wildman–Crippen LogP) is 4.19. The summed E-state index contributed by atoms with van der Waals surface area (Å²) in [6.07, 6.45) is 2.48. The summed E-state index contributed by atoms with van der Waals surface area (Å²) in [6.45, 7) is 7.31. The summed E-state index contributed by atoms with van der Waals surface area (Å²) in [5, 5.41) is 3.61. The van der Waals surface area contributed by atoms with Gasteiger partial charge in [-0.15, -0.1) is 11.3 Å². The lowest BCUT2D eigenvalue weighted by Gasteiger charge is -2.35. The molecule has 0 radical (unpaired) electrons. The second kappa shape index (κ2) is 9.76. The van der Waals surface area contributed by atoms with Gasteiger partial charge in [0.25, 0.3) is 11.5 Å². The van der Waals surface area contributed by atoms with Crippen molar-refractivity contribution in [3.8, 4) is 5.75 Å². The van der Waals surface area contributed by atoms with Gasteiger partial charge >= 0.3 is 0 Å². The monoisotopic (exact) mass is 502 g/mol. The number of carbonyl (C=O) groups is 2. The summed E-state index contributed by atoms with van der Waals surface area (Å²) in [6, 6.07) is 4.93. The van der Waals surface area contributed by atoms with Crippen molar-refractivity contribution in [2.45, 2.75) is 33.7 Å². The molecule has 34 heavy (non-hydrogen) atoms. The molecule has 0 aliphatic carbocycles. The molecule has 1 saturated heterocycles. The molecule has 0 saturated carbocycles. The van der Waals surface area contributed by atoms with Crippen molar-refractivity contribution in [2.75, 3.05) is 25.5 Å². The normalized spacial score (nSPS) is 18.2. The molecule has 1 aromatic carbocycles. The maximum Gasteiger partial charge on any atom is 0.266 e. The van der Waals surface area contributed by atoms with Gasteiger partial charge in [0.15, 0.2) is 0 Å². The highest BCUT2D eigenvalue weighted by Gasteiger charge is 2.26. The van der Waals surface area contributed by atoms with Crippen LogP contribution in [0.15, 0.2) is 29.3 Å². The van der Waals surface area contributed by atoms with Gasteiger partial charge in [0.2, 0.25) is 5.91 Å². The first-order valence-corrected chi connectivity index (χ1v) is 12.3. The quantitative estimate of drug-likeness (QED) is 0.564. The number of aryl methyl sites for hydroxylation is 1. The topological polar surface area (TPSA) is 93.5 Å². The molecular formula is C24H27ClN4O4S. The summed E-state index contributed by atoms with van der Waals surface area (Å²) < 4.78 is 6.62. The van der Waals surface area contributed by atoms with Crippen molar-refractivity contribution in [1.29, 1.82) is 0 Å². The van der Waals surface area contributed by atoms with Crippen LogP contribution in [0, 0.1) is 18.8 Å². The maximum absolute atomic E-state index is 13.2. The van der Waals surface area contributed by atoms with Gasteiger partial charge in [0, 0.05) is 18.1 Å². The van der Waals surface area contributed by atoms with Gasteiger partial charge in [-0.3, -0.25) is 19.0 Å². The molecule has 3 heterocycles. The van der Waals surface area contributed by atoms with Gasteiger partial charge in [0.05, 0.1) is 29.4 Å². The minimum absolute atomic E-state index is 0.0717. The molecule has 180 valence electrons. The molecule has 0 spiro atoms. The Morgan fingerprint density at radius 2 is 1.97 bits per heavy atom. The summed E-state index contributed by atoms with van der Waals surface area (Å²) in [4.78, 5) is 46.2. The molecule has 1 aliphatic heterocycles. The van der Waals surface area contributed by atoms with E-state index in [1.807, 2.05) is 4.90 Å². The van der Waals surface area contributed by atoms with Crippen molar-refractivity contribution < 1.29 is 14.3 Å². The Kier molecular flexibility index (Phi) is 6.95. The molecule has 2 amide bonds. The molecule has 8 nitrogen and oxygen atoms in total. The minimum atomic E-state index is -0.389. The molecule has 0 bridgehead atoms. The van der Waals surface area contributed by atoms with Crippen LogP contribution in [0.25, 0.3) is 10.2 Å². The number of benzene rings is 1. The van der Waals surface area contributed by atoms with Crippen molar-refractivity contribution >= 4 is 50.7 Å². The zero-order chi connectivity index (χ0) is 24.6. The standard InChI is InChI=1S/C24H27ClN4O4S/c1-13-7-14(2)10-28(9-13)19(30)11-29-12-26-23-20(24(29)32)15(3)21(34-23)22(31)27-17-8-16(25)5-6-18(17)33-4/h5-6,8,12-14H,7,9-11H2,1-4H3,(H,27,31)/t13-,14-/m0/s1. The average Bonchev–Trinajstić information content (AvgIpc) is 3.12. The smallest absolute Gasteiger partial charge is 0.266 e. The number of rotatable bonds is 5. The summed E-state index contributed by atoms with van der Waals surface area (Å²) >= 11 is 7.19. The van der Waals surface area contributed by atoms with Crippen molar-refractivity contribution in [3.63, 3.8) is 0 Å². The summed E-state index contributed by atoms with van der Waals surface area (Å²) in [7, 11) is 1.50. The van der Waals surface area contributed by atoms with Crippen molar-refractivity contribution in [1.82, 2.24) is 14.5 Å². The molecular weight excluding hydrogens is 476 g/mol. The zero-order valence-corrected chi connectivity index (χ0v) is 21.1. The second-order valence-electron chi connectivity index (χ2n) is 8.96. The molecule has 0 unspecified atom stereocenters. The third-order valence-electron chi connectivity index (χ3n) is 6.06. The molecule has 4 rings (SSSR count). The maximum atomic E-state index is 13.2. The lowest BCUT2D eigenvalue weighted by atomic mass is 9.92. The molecule has 2 aromatic heterocycles. The van der Waals surface area contributed by atoms with Gasteiger partial charge in [-0.05, 0) is 48.9 Å². The van der Waals surface area contributed by atoms with E-state index in [-0.39, 0.29) is 23.9 Å². The van der Waals surface area contributed by atoms with Crippen molar-refractivity contribution in [3.05, 3.63) is 50.3 Å². The van der Waals surface area contributed by atoms with Gasteiger partial charge in [-0.25, -0.2) is 4.98 Å². The number of amides is 2. The van der Waals surface area contributed by atoms with Gasteiger partial charge in [0.1, 0.15) is 17.1 Å². The van der Waals surface area contributed by atoms with Crippen LogP contribution >= 0.6 is 22.9 Å². The summed E-state index contributed by atoms with van der Waals surface area (Å²) in [5.74, 6) is 0.850. The van der Waals surface area contributed by atoms with E-state index in [1.165, 1.54) is 18.0 Å². The number of ether oxygens (including phenoxy) is 1. The highest BCUT2D eigenvalue weighted by molar-refractivity contribution is 7.20. The van der Waals surface area contributed by atoms with E-state index < -0.39 is 0 Å². The van der Waals surface area contributed by atoms with Gasteiger partial charge in [-0.1, -0.05) is 25.4 Å². The molecule has 1 aliphatic rings. The van der Waals surface area contributed by atoms with E-state index in [4.69, 9.17) is 16.3 Å². The van der Waals surface area contributed by atoms with Crippen LogP contribution in [0.3, 0.4) is 0 Å². The number of nitrogens with one attached hydrogen (secondary N) is 1. The Hall–Kier alpha value is -2.91. The van der Waals surface area contributed by atoms with Crippen LogP contribution < -0.4 is 15.6 Å². The van der Waals surface area contributed by atoms with Crippen LogP contribution in [0.2, 0.25) is 5.02 Å². The fourth-order valence-corrected chi connectivity index (χ4v) is 5.76. The van der Waals surface area contributed by atoms with Crippen LogP contribution in [0.5, 0.6) is 5.75 Å². The fourth-order valence-electron chi connectivity index (χ4n) is 4.56. The number of hydrogen-bond acceptors (Lipinski definition) is 6. The van der Waals surface area contributed by atoms with E-state index in [9.17, 15) is 14.4 Å². The highest BCUT2D eigenvalue weighted by Crippen LogP contribution is 2.31. The number of anilines is 1. The van der Waals surface area contributed by atoms with E-state index in [1.54, 1.807) is 25.1 Å². The third-order valence-corrected chi connectivity index (χ3v) is 7.49. The van der Waals surface area contributed by atoms with Gasteiger partial charge in [-0.2, -0.15) is 0 Å². The molecule has 1 N–H and O–H groups in total. The number of likely N-dealkylation sites (tertiary alicyclic amines) is 1. The predicted molar refractivity (Wildman–Crippen MR) is 134 cm³/mol. The molecule has 10 heteroatoms. The largest absolute Gasteiger partial charge is 0.495 e. The molecule has 2 atom stereocenters. The zero-order valence-electron chi connectivity index (χ0n) is 19.6. The first kappa shape index (κ1) is 24.2. The number of nitrogens with zero attached hydrogens (tertiary/aromatic N) is 3. The minimum Gasteiger partial charge on any atom is -0.495 e. The number of hydrogen-bond donors (Lipinski definition) is 1. The average molecular weight is 503 g/mol. The second-order valence-corrected chi connectivity index (χ2v) is 10.4. The lowest BCUT2D eigenvalue weighted by Crippen LogP contribution is -2.44. The number of halogens is 1. The first-order valence-electron chi connectivity index (χ1n) is 11.1. The van der Waals surface area contributed by atoms with E-state index in [0.717, 1.165) is 17.8 Å². The number of thiophene rings is 1. The van der Waals surface area contributed by atoms with Crippen molar-refractivity contribution in [2.24, 2.45) is 11.8 Å². The fraction of sp³-hybridized carbons (Fsp3) is 0.417. The van der Waals surface area contributed by atoms with Crippen LogP contribution in [0.4, 0.5) is 5.69 Å². The Morgan fingerprint density at radius 1 is 1.26 bits per heavy atom. The number of fused-ring (bicyclic) bond motifs is 1. The molecule has 3 aromatic rings. The molecule has 1 fully saturated rings. The number of piperidine rings is 1. The van der Waals surface area contributed by atoms with E-state index >= 15 is 0 Å². The summed E-state index contributed by atoms with van der Waals surface area (Å²) in [5.41, 5.74) is 0.625. The third kappa shape index (κ3) is 4.81. The first-order chi connectivity index (χ1) is 16.2. The number of methoxy groups -OCH3 is 1. The SMILES string of the molecule is COc1ccc(Cl)cc1NC(=O)c1sc2ncn(CC(=O)N3C[C@@H](C)C[C@H](C)C3)c(=O)c2c1C. The van der Waals surface area contributed by atoms with Crippen LogP contribution in [-0.4, -0.2) is 46.5 Å². The Morgan fingerprint density at radius 3 is 2.65 bits per heavy atom.